The van der Waals surface area contributed by atoms with Gasteiger partial charge in [-0.15, -0.1) is 0 Å². The molecule has 0 aromatic heterocycles. The second-order valence-corrected chi connectivity index (χ2v) is 13.1. The van der Waals surface area contributed by atoms with Crippen LogP contribution in [0.25, 0.3) is 0 Å². The third kappa shape index (κ3) is 3.83. The summed E-state index contributed by atoms with van der Waals surface area (Å²) >= 11 is 0. The van der Waals surface area contributed by atoms with Gasteiger partial charge in [-0.2, -0.15) is 17.0 Å². The Kier molecular flexibility index (Phi) is 5.68. The van der Waals surface area contributed by atoms with Crippen molar-refractivity contribution in [3.63, 3.8) is 0 Å². The Balaban J connectivity index is 1.22. The lowest BCUT2D eigenvalue weighted by atomic mass is 9.48. The van der Waals surface area contributed by atoms with E-state index in [1.807, 2.05) is 0 Å². The summed E-state index contributed by atoms with van der Waals surface area (Å²) in [6, 6.07) is 0.201. The highest BCUT2D eigenvalue weighted by atomic mass is 32.2. The molecule has 7 heteroatoms. The second-order valence-electron chi connectivity index (χ2n) is 11.2. The number of nitrogens with one attached hydrogen (secondary N) is 1. The number of piperidine rings is 2. The van der Waals surface area contributed by atoms with Crippen LogP contribution in [0.1, 0.15) is 77.6 Å². The van der Waals surface area contributed by atoms with Crippen LogP contribution in [0.2, 0.25) is 0 Å². The number of rotatable bonds is 5. The van der Waals surface area contributed by atoms with E-state index in [0.717, 1.165) is 49.9 Å². The molecule has 0 unspecified atom stereocenters. The van der Waals surface area contributed by atoms with Crippen molar-refractivity contribution in [1.29, 1.82) is 0 Å². The predicted octanol–water partition coefficient (Wildman–Crippen LogP) is 3.15. The highest BCUT2D eigenvalue weighted by Gasteiger charge is 2.53. The summed E-state index contributed by atoms with van der Waals surface area (Å²) in [5.74, 6) is 2.48. The molecular weight excluding hydrogens is 398 g/mol. The summed E-state index contributed by atoms with van der Waals surface area (Å²) in [7, 11) is -3.43. The van der Waals surface area contributed by atoms with Crippen molar-refractivity contribution in [2.24, 2.45) is 29.1 Å². The maximum Gasteiger partial charge on any atom is 0.281 e. The molecule has 4 aliphatic carbocycles. The maximum absolute atomic E-state index is 13.2. The van der Waals surface area contributed by atoms with Gasteiger partial charge in [-0.1, -0.05) is 6.42 Å². The molecule has 2 aliphatic heterocycles. The van der Waals surface area contributed by atoms with Crippen molar-refractivity contribution < 1.29 is 13.2 Å². The van der Waals surface area contributed by atoms with Gasteiger partial charge in [-0.05, 0) is 94.3 Å². The topological polar surface area (TPSA) is 69.7 Å². The molecule has 4 bridgehead atoms. The van der Waals surface area contributed by atoms with Crippen LogP contribution in [-0.4, -0.2) is 55.2 Å². The van der Waals surface area contributed by atoms with Crippen LogP contribution in [0.4, 0.5) is 0 Å². The molecule has 6 fully saturated rings. The minimum absolute atomic E-state index is 0.0804. The van der Waals surface area contributed by atoms with Crippen LogP contribution in [0.5, 0.6) is 0 Å². The number of hydrogen-bond donors (Lipinski definition) is 1. The lowest BCUT2D eigenvalue weighted by Gasteiger charge is -2.59. The average Bonchev–Trinajstić information content (AvgIpc) is 2.73. The van der Waals surface area contributed by atoms with E-state index in [1.165, 1.54) is 38.5 Å². The first-order chi connectivity index (χ1) is 14.4. The van der Waals surface area contributed by atoms with Gasteiger partial charge in [0.1, 0.15) is 0 Å². The van der Waals surface area contributed by atoms with Crippen molar-refractivity contribution in [2.75, 3.05) is 26.2 Å². The Labute approximate surface area is 182 Å². The molecule has 6 nitrogen and oxygen atoms in total. The fraction of sp³-hybridized carbons (Fsp3) is 0.957. The second kappa shape index (κ2) is 8.04. The third-order valence-corrected chi connectivity index (χ3v) is 11.1. The molecule has 6 aliphatic rings. The van der Waals surface area contributed by atoms with E-state index in [1.54, 1.807) is 8.61 Å². The van der Waals surface area contributed by atoms with E-state index in [9.17, 15) is 13.2 Å². The lowest BCUT2D eigenvalue weighted by Crippen LogP contribution is -2.57. The van der Waals surface area contributed by atoms with Crippen LogP contribution in [0, 0.1) is 29.1 Å². The molecule has 0 aromatic carbocycles. The van der Waals surface area contributed by atoms with Gasteiger partial charge in [-0.25, -0.2) is 0 Å². The van der Waals surface area contributed by atoms with Crippen molar-refractivity contribution in [3.8, 4) is 0 Å². The van der Waals surface area contributed by atoms with Gasteiger partial charge in [0.15, 0.2) is 0 Å². The van der Waals surface area contributed by atoms with Crippen molar-refractivity contribution in [2.45, 2.75) is 83.6 Å². The standard InChI is InChI=1S/C23H39N3O3S/c1-17(23-13-18-10-19(14-23)12-20(11-18)15-23)24-22(27)21-6-5-9-26(16-21)30(28,29)25-7-3-2-4-8-25/h17-21H,2-16H2,1H3,(H,24,27)/t17-,18?,19?,20?,21-,23?/m1/s1. The third-order valence-electron chi connectivity index (χ3n) is 9.09. The van der Waals surface area contributed by atoms with E-state index in [4.69, 9.17) is 0 Å². The molecule has 4 saturated carbocycles. The summed E-state index contributed by atoms with van der Waals surface area (Å²) in [5, 5.41) is 3.38. The van der Waals surface area contributed by atoms with E-state index < -0.39 is 10.2 Å². The Morgan fingerprint density at radius 1 is 0.900 bits per heavy atom. The monoisotopic (exact) mass is 437 g/mol. The Hall–Kier alpha value is -0.660. The van der Waals surface area contributed by atoms with Gasteiger partial charge in [0.05, 0.1) is 5.92 Å². The molecule has 0 aromatic rings. The first-order valence-electron chi connectivity index (χ1n) is 12.4. The SMILES string of the molecule is C[C@@H](NC(=O)[C@@H]1CCCN(S(=O)(=O)N2CCCCC2)C1)C12CC3CC(CC(C3)C1)C2. The molecule has 0 spiro atoms. The fourth-order valence-electron chi connectivity index (χ4n) is 7.82. The molecule has 2 atom stereocenters. The number of hydrogen-bond acceptors (Lipinski definition) is 3. The van der Waals surface area contributed by atoms with Crippen molar-refractivity contribution >= 4 is 16.1 Å². The normalized spacial score (nSPS) is 41.0. The number of carbonyl (C=O) groups excluding carboxylic acids is 1. The predicted molar refractivity (Wildman–Crippen MR) is 117 cm³/mol. The van der Waals surface area contributed by atoms with Gasteiger partial charge >= 0.3 is 0 Å². The number of nitrogens with zero attached hydrogens (tertiary/aromatic N) is 2. The number of amides is 1. The summed E-state index contributed by atoms with van der Waals surface area (Å²) in [4.78, 5) is 13.2. The van der Waals surface area contributed by atoms with E-state index in [2.05, 4.69) is 12.2 Å². The summed E-state index contributed by atoms with van der Waals surface area (Å²) in [5.41, 5.74) is 0.290. The van der Waals surface area contributed by atoms with Crippen molar-refractivity contribution in [1.82, 2.24) is 13.9 Å². The van der Waals surface area contributed by atoms with Gasteiger partial charge in [0.25, 0.3) is 10.2 Å². The summed E-state index contributed by atoms with van der Waals surface area (Å²) in [6.07, 6.45) is 12.6. The molecule has 30 heavy (non-hydrogen) atoms. The van der Waals surface area contributed by atoms with Crippen LogP contribution in [0.3, 0.4) is 0 Å². The van der Waals surface area contributed by atoms with Gasteiger partial charge < -0.3 is 5.32 Å². The lowest BCUT2D eigenvalue weighted by molar-refractivity contribution is -0.130. The maximum atomic E-state index is 13.2. The first-order valence-corrected chi connectivity index (χ1v) is 13.8. The van der Waals surface area contributed by atoms with E-state index in [-0.39, 0.29) is 17.9 Å². The van der Waals surface area contributed by atoms with Crippen LogP contribution >= 0.6 is 0 Å². The highest BCUT2D eigenvalue weighted by molar-refractivity contribution is 7.86. The summed E-state index contributed by atoms with van der Waals surface area (Å²) < 4.78 is 29.4. The first kappa shape index (κ1) is 21.2. The molecule has 0 radical (unpaired) electrons. The van der Waals surface area contributed by atoms with Crippen LogP contribution < -0.4 is 5.32 Å². The molecular formula is C23H39N3O3S. The molecule has 170 valence electrons. The quantitative estimate of drug-likeness (QED) is 0.718. The molecule has 2 saturated heterocycles. The van der Waals surface area contributed by atoms with Gasteiger partial charge in [0, 0.05) is 32.2 Å². The Morgan fingerprint density at radius 3 is 2.07 bits per heavy atom. The minimum atomic E-state index is -3.43. The van der Waals surface area contributed by atoms with Crippen LogP contribution in [0.15, 0.2) is 0 Å². The van der Waals surface area contributed by atoms with E-state index >= 15 is 0 Å². The Bertz CT molecular complexity index is 726. The zero-order valence-electron chi connectivity index (χ0n) is 18.5. The summed E-state index contributed by atoms with van der Waals surface area (Å²) in [6.45, 7) is 4.36. The van der Waals surface area contributed by atoms with Crippen molar-refractivity contribution in [3.05, 3.63) is 0 Å². The van der Waals surface area contributed by atoms with E-state index in [0.29, 0.717) is 31.6 Å². The zero-order chi connectivity index (χ0) is 20.9. The molecule has 2 heterocycles. The number of carbonyl (C=O) groups is 1. The fourth-order valence-corrected chi connectivity index (χ4v) is 9.59. The molecule has 1 N–H and O–H groups in total. The zero-order valence-corrected chi connectivity index (χ0v) is 19.3. The highest BCUT2D eigenvalue weighted by Crippen LogP contribution is 2.61. The Morgan fingerprint density at radius 2 is 1.47 bits per heavy atom. The molecule has 1 amide bonds. The van der Waals surface area contributed by atoms with Gasteiger partial charge in [0.2, 0.25) is 5.91 Å². The van der Waals surface area contributed by atoms with Gasteiger partial charge in [-0.3, -0.25) is 4.79 Å². The molecule has 6 rings (SSSR count). The largest absolute Gasteiger partial charge is 0.353 e. The minimum Gasteiger partial charge on any atom is -0.353 e. The van der Waals surface area contributed by atoms with Crippen LogP contribution in [-0.2, 0) is 15.0 Å². The smallest absolute Gasteiger partial charge is 0.281 e. The average molecular weight is 438 g/mol.